The van der Waals surface area contributed by atoms with Crippen molar-refractivity contribution in [3.05, 3.63) is 35.1 Å². The molecule has 5 heteroatoms. The number of nitrogens with one attached hydrogen (secondary N) is 1. The van der Waals surface area contributed by atoms with E-state index in [4.69, 9.17) is 9.84 Å². The molecule has 0 aliphatic rings. The topological polar surface area (TPSA) is 58.6 Å². The van der Waals surface area contributed by atoms with Gasteiger partial charge in [-0.1, -0.05) is 13.8 Å². The van der Waals surface area contributed by atoms with Crippen LogP contribution in [0.15, 0.2) is 18.2 Å². The van der Waals surface area contributed by atoms with Crippen LogP contribution >= 0.6 is 0 Å². The van der Waals surface area contributed by atoms with E-state index in [0.717, 1.165) is 0 Å². The smallest absolute Gasteiger partial charge is 0.251 e. The van der Waals surface area contributed by atoms with Crippen LogP contribution in [0.25, 0.3) is 0 Å². The highest BCUT2D eigenvalue weighted by atomic mass is 19.1. The minimum atomic E-state index is -0.385. The lowest BCUT2D eigenvalue weighted by molar-refractivity contribution is 0.0927. The molecule has 1 amide bonds. The molecule has 2 N–H and O–H groups in total. The maximum absolute atomic E-state index is 13.5. The highest BCUT2D eigenvalue weighted by Gasteiger charge is 2.19. The Morgan fingerprint density at radius 2 is 2.15 bits per heavy atom. The average molecular weight is 283 g/mol. The molecule has 0 saturated heterocycles. The molecule has 0 aliphatic carbocycles. The van der Waals surface area contributed by atoms with Crippen LogP contribution in [0.5, 0.6) is 0 Å². The number of hydrogen-bond acceptors (Lipinski definition) is 3. The molecule has 0 saturated carbocycles. The van der Waals surface area contributed by atoms with Crippen LogP contribution in [0.1, 0.15) is 36.2 Å². The molecule has 0 radical (unpaired) electrons. The zero-order chi connectivity index (χ0) is 15.2. The summed E-state index contributed by atoms with van der Waals surface area (Å²) in [6, 6.07) is 4.21. The van der Waals surface area contributed by atoms with E-state index in [1.165, 1.54) is 25.3 Å². The summed E-state index contributed by atoms with van der Waals surface area (Å²) in [5.74, 6) is -0.641. The molecule has 0 atom stereocenters. The molecule has 0 fully saturated rings. The van der Waals surface area contributed by atoms with Crippen molar-refractivity contribution in [2.75, 3.05) is 20.3 Å². The van der Waals surface area contributed by atoms with Gasteiger partial charge in [-0.15, -0.1) is 0 Å². The first-order chi connectivity index (χ1) is 9.39. The molecule has 112 valence electrons. The van der Waals surface area contributed by atoms with Crippen LogP contribution in [0, 0.1) is 11.2 Å². The van der Waals surface area contributed by atoms with Gasteiger partial charge in [-0.05, 0) is 30.0 Å². The number of aliphatic hydroxyl groups excluding tert-OH is 1. The first kappa shape index (κ1) is 16.6. The van der Waals surface area contributed by atoms with E-state index in [1.807, 2.05) is 13.8 Å². The monoisotopic (exact) mass is 283 g/mol. The van der Waals surface area contributed by atoms with Crippen molar-refractivity contribution in [2.45, 2.75) is 26.9 Å². The summed E-state index contributed by atoms with van der Waals surface area (Å²) in [5, 5.41) is 11.7. The van der Waals surface area contributed by atoms with Crippen LogP contribution in [0.3, 0.4) is 0 Å². The highest BCUT2D eigenvalue weighted by Crippen LogP contribution is 2.18. The number of methoxy groups -OCH3 is 1. The molecule has 1 aromatic rings. The summed E-state index contributed by atoms with van der Waals surface area (Å²) in [7, 11) is 1.48. The molecule has 1 aromatic carbocycles. The number of hydrogen-bond donors (Lipinski definition) is 2. The van der Waals surface area contributed by atoms with E-state index in [9.17, 15) is 9.18 Å². The molecular weight excluding hydrogens is 261 g/mol. The van der Waals surface area contributed by atoms with Gasteiger partial charge in [-0.2, -0.15) is 0 Å². The van der Waals surface area contributed by atoms with Gasteiger partial charge in [0.15, 0.2) is 0 Å². The zero-order valence-electron chi connectivity index (χ0n) is 12.2. The third-order valence-electron chi connectivity index (χ3n) is 3.12. The Morgan fingerprint density at radius 1 is 1.45 bits per heavy atom. The number of carbonyl (C=O) groups is 1. The fourth-order valence-corrected chi connectivity index (χ4v) is 1.79. The fourth-order valence-electron chi connectivity index (χ4n) is 1.79. The molecule has 0 aliphatic heterocycles. The van der Waals surface area contributed by atoms with Crippen molar-refractivity contribution in [3.63, 3.8) is 0 Å². The Balaban J connectivity index is 2.70. The Labute approximate surface area is 119 Å². The predicted octanol–water partition coefficient (Wildman–Crippen LogP) is 2.11. The van der Waals surface area contributed by atoms with Crippen LogP contribution in [-0.2, 0) is 11.3 Å². The van der Waals surface area contributed by atoms with Crippen LogP contribution in [0.2, 0.25) is 0 Å². The normalized spacial score (nSPS) is 11.4. The molecule has 20 heavy (non-hydrogen) atoms. The van der Waals surface area contributed by atoms with Gasteiger partial charge >= 0.3 is 0 Å². The van der Waals surface area contributed by atoms with Crippen LogP contribution in [-0.4, -0.2) is 31.3 Å². The summed E-state index contributed by atoms with van der Waals surface area (Å²) in [4.78, 5) is 12.0. The summed E-state index contributed by atoms with van der Waals surface area (Å²) in [6.07, 6.45) is 0.603. The minimum Gasteiger partial charge on any atom is -0.396 e. The lowest BCUT2D eigenvalue weighted by atomic mass is 9.89. The van der Waals surface area contributed by atoms with Crippen molar-refractivity contribution in [1.29, 1.82) is 0 Å². The molecule has 0 bridgehead atoms. The third-order valence-corrected chi connectivity index (χ3v) is 3.12. The second-order valence-corrected chi connectivity index (χ2v) is 5.56. The highest BCUT2D eigenvalue weighted by molar-refractivity contribution is 5.94. The van der Waals surface area contributed by atoms with Gasteiger partial charge in [0.05, 0.1) is 6.61 Å². The molecule has 1 rings (SSSR count). The standard InChI is InChI=1S/C15H22FNO3/c1-15(2,6-7-18)10-17-14(19)11-4-5-13(16)12(8-11)9-20-3/h4-5,8,18H,6-7,9-10H2,1-3H3,(H,17,19). The quantitative estimate of drug-likeness (QED) is 0.806. The van der Waals surface area contributed by atoms with E-state index in [1.54, 1.807) is 0 Å². The second-order valence-electron chi connectivity index (χ2n) is 5.56. The molecule has 0 unspecified atom stereocenters. The molecular formula is C15H22FNO3. The maximum atomic E-state index is 13.5. The number of halogens is 1. The Morgan fingerprint density at radius 3 is 2.75 bits per heavy atom. The van der Waals surface area contributed by atoms with E-state index in [-0.39, 0.29) is 30.4 Å². The largest absolute Gasteiger partial charge is 0.396 e. The van der Waals surface area contributed by atoms with Crippen molar-refractivity contribution in [1.82, 2.24) is 5.32 Å². The lowest BCUT2D eigenvalue weighted by Gasteiger charge is -2.23. The van der Waals surface area contributed by atoms with E-state index in [0.29, 0.717) is 24.1 Å². The van der Waals surface area contributed by atoms with Gasteiger partial charge in [-0.3, -0.25) is 4.79 Å². The summed E-state index contributed by atoms with van der Waals surface area (Å²) < 4.78 is 18.3. The molecule has 0 spiro atoms. The molecule has 4 nitrogen and oxygen atoms in total. The summed E-state index contributed by atoms with van der Waals surface area (Å²) in [5.41, 5.74) is 0.577. The first-order valence-corrected chi connectivity index (χ1v) is 6.56. The fraction of sp³-hybridized carbons (Fsp3) is 0.533. The van der Waals surface area contributed by atoms with Gasteiger partial charge in [0.1, 0.15) is 5.82 Å². The Bertz CT molecular complexity index is 460. The predicted molar refractivity (Wildman–Crippen MR) is 74.9 cm³/mol. The Kier molecular flexibility index (Phi) is 6.10. The number of ether oxygens (including phenoxy) is 1. The van der Waals surface area contributed by atoms with Crippen LogP contribution < -0.4 is 5.32 Å². The van der Waals surface area contributed by atoms with E-state index < -0.39 is 0 Å². The lowest BCUT2D eigenvalue weighted by Crippen LogP contribution is -2.34. The zero-order valence-corrected chi connectivity index (χ0v) is 12.2. The Hall–Kier alpha value is -1.46. The molecule has 0 aromatic heterocycles. The summed E-state index contributed by atoms with van der Waals surface area (Å²) >= 11 is 0. The number of carbonyl (C=O) groups excluding carboxylic acids is 1. The third kappa shape index (κ3) is 4.90. The summed E-state index contributed by atoms with van der Waals surface area (Å²) in [6.45, 7) is 4.58. The average Bonchev–Trinajstić information content (AvgIpc) is 2.39. The van der Waals surface area contributed by atoms with Gasteiger partial charge in [0.25, 0.3) is 5.91 Å². The SMILES string of the molecule is COCc1cc(C(=O)NCC(C)(C)CCO)ccc1F. The van der Waals surface area contributed by atoms with Crippen molar-refractivity contribution >= 4 is 5.91 Å². The minimum absolute atomic E-state index is 0.0808. The number of rotatable bonds is 7. The second kappa shape index (κ2) is 7.36. The van der Waals surface area contributed by atoms with Gasteiger partial charge in [-0.25, -0.2) is 4.39 Å². The van der Waals surface area contributed by atoms with E-state index in [2.05, 4.69) is 5.32 Å². The number of benzene rings is 1. The van der Waals surface area contributed by atoms with Crippen molar-refractivity contribution < 1.29 is 19.0 Å². The van der Waals surface area contributed by atoms with Crippen molar-refractivity contribution in [3.8, 4) is 0 Å². The first-order valence-electron chi connectivity index (χ1n) is 6.56. The number of amides is 1. The number of aliphatic hydroxyl groups is 1. The van der Waals surface area contributed by atoms with Crippen molar-refractivity contribution in [2.24, 2.45) is 5.41 Å². The maximum Gasteiger partial charge on any atom is 0.251 e. The van der Waals surface area contributed by atoms with Gasteiger partial charge < -0.3 is 15.2 Å². The molecule has 0 heterocycles. The van der Waals surface area contributed by atoms with Crippen LogP contribution in [0.4, 0.5) is 4.39 Å². The van der Waals surface area contributed by atoms with E-state index >= 15 is 0 Å². The van der Waals surface area contributed by atoms with Gasteiger partial charge in [0.2, 0.25) is 0 Å². The van der Waals surface area contributed by atoms with Gasteiger partial charge in [0, 0.05) is 31.4 Å².